The van der Waals surface area contributed by atoms with Gasteiger partial charge in [-0.05, 0) is 57.4 Å². The van der Waals surface area contributed by atoms with Crippen LogP contribution in [-0.4, -0.2) is 27.4 Å². The lowest BCUT2D eigenvalue weighted by molar-refractivity contribution is -0.153. The van der Waals surface area contributed by atoms with Gasteiger partial charge >= 0.3 is 12.1 Å². The van der Waals surface area contributed by atoms with Crippen molar-refractivity contribution in [1.82, 2.24) is 9.97 Å². The Morgan fingerprint density at radius 1 is 0.914 bits per heavy atom. The number of primary amides is 1. The summed E-state index contributed by atoms with van der Waals surface area (Å²) >= 11 is 0. The van der Waals surface area contributed by atoms with Gasteiger partial charge < -0.3 is 10.5 Å². The third-order valence-corrected chi connectivity index (χ3v) is 5.11. The van der Waals surface area contributed by atoms with E-state index in [1.165, 1.54) is 19.9 Å². The van der Waals surface area contributed by atoms with Crippen LogP contribution in [0.2, 0.25) is 0 Å². The summed E-state index contributed by atoms with van der Waals surface area (Å²) in [7, 11) is 0. The highest BCUT2D eigenvalue weighted by atomic mass is 19.4. The van der Waals surface area contributed by atoms with E-state index >= 15 is 0 Å². The van der Waals surface area contributed by atoms with Crippen molar-refractivity contribution in [2.75, 3.05) is 0 Å². The van der Waals surface area contributed by atoms with E-state index in [2.05, 4.69) is 9.97 Å². The second-order valence-electron chi connectivity index (χ2n) is 9.17. The Labute approximate surface area is 201 Å². The molecular weight excluding hydrogens is 459 g/mol. The van der Waals surface area contributed by atoms with E-state index in [0.717, 1.165) is 6.07 Å². The third kappa shape index (κ3) is 6.23. The van der Waals surface area contributed by atoms with Crippen LogP contribution in [0.1, 0.15) is 53.8 Å². The van der Waals surface area contributed by atoms with Gasteiger partial charge in [0.2, 0.25) is 0 Å². The molecule has 0 saturated heterocycles. The third-order valence-electron chi connectivity index (χ3n) is 5.11. The number of nitrogens with zero attached hydrogens (tertiary/aromatic N) is 2. The van der Waals surface area contributed by atoms with Crippen LogP contribution in [-0.2, 0) is 22.1 Å². The van der Waals surface area contributed by atoms with Gasteiger partial charge in [0.1, 0.15) is 11.3 Å². The molecule has 1 amide bonds. The molecular formula is C26H26F3N3O3. The SMILES string of the molecule is Cc1nc(C)c(-c2ccc(-c3ccc(CC(=O)OC(C)(C)C)cc3)cc2C(F)(F)F)nc1C(N)=O. The number of nitrogens with two attached hydrogens (primary N) is 1. The molecule has 35 heavy (non-hydrogen) atoms. The van der Waals surface area contributed by atoms with Crippen molar-refractivity contribution in [2.45, 2.75) is 52.8 Å². The average molecular weight is 486 g/mol. The fourth-order valence-electron chi connectivity index (χ4n) is 3.64. The average Bonchev–Trinajstić information content (AvgIpc) is 2.72. The zero-order valence-electron chi connectivity index (χ0n) is 20.1. The van der Waals surface area contributed by atoms with Crippen LogP contribution in [0.25, 0.3) is 22.4 Å². The van der Waals surface area contributed by atoms with Crippen LogP contribution in [0.5, 0.6) is 0 Å². The van der Waals surface area contributed by atoms with Gasteiger partial charge in [-0.1, -0.05) is 36.4 Å². The summed E-state index contributed by atoms with van der Waals surface area (Å²) in [5.74, 6) is -1.26. The minimum Gasteiger partial charge on any atom is -0.460 e. The van der Waals surface area contributed by atoms with Gasteiger partial charge in [0.25, 0.3) is 5.91 Å². The fraction of sp³-hybridized carbons (Fsp3) is 0.308. The molecule has 0 bridgehead atoms. The van der Waals surface area contributed by atoms with E-state index in [0.29, 0.717) is 16.7 Å². The van der Waals surface area contributed by atoms with Gasteiger partial charge in [0.05, 0.1) is 29.1 Å². The van der Waals surface area contributed by atoms with E-state index in [4.69, 9.17) is 10.5 Å². The molecule has 184 valence electrons. The van der Waals surface area contributed by atoms with Gasteiger partial charge in [-0.25, -0.2) is 4.98 Å². The first-order valence-corrected chi connectivity index (χ1v) is 10.8. The first-order valence-electron chi connectivity index (χ1n) is 10.8. The summed E-state index contributed by atoms with van der Waals surface area (Å²) in [6.45, 7) is 8.36. The number of hydrogen-bond donors (Lipinski definition) is 1. The van der Waals surface area contributed by atoms with Crippen molar-refractivity contribution in [3.63, 3.8) is 0 Å². The number of hydrogen-bond acceptors (Lipinski definition) is 5. The first-order chi connectivity index (χ1) is 16.2. The molecule has 0 spiro atoms. The predicted octanol–water partition coefficient (Wildman–Crippen LogP) is 5.43. The maximum atomic E-state index is 14.1. The lowest BCUT2D eigenvalue weighted by Crippen LogP contribution is -2.24. The topological polar surface area (TPSA) is 95.2 Å². The second kappa shape index (κ2) is 9.48. The van der Waals surface area contributed by atoms with Crippen molar-refractivity contribution in [3.05, 3.63) is 70.7 Å². The van der Waals surface area contributed by atoms with Gasteiger partial charge in [0, 0.05) is 5.56 Å². The van der Waals surface area contributed by atoms with E-state index in [9.17, 15) is 22.8 Å². The molecule has 3 aromatic rings. The molecule has 0 fully saturated rings. The molecule has 0 unspecified atom stereocenters. The molecule has 9 heteroatoms. The standard InChI is InChI=1S/C26H26F3N3O3/c1-14-22(32-23(24(30)34)15(2)31-14)19-11-10-18(13-20(19)26(27,28)29)17-8-6-16(7-9-17)12-21(33)35-25(3,4)5/h6-11,13H,12H2,1-5H3,(H2,30,34). The molecule has 0 aliphatic heterocycles. The highest BCUT2D eigenvalue weighted by Crippen LogP contribution is 2.39. The maximum Gasteiger partial charge on any atom is 0.417 e. The van der Waals surface area contributed by atoms with E-state index in [1.54, 1.807) is 51.1 Å². The number of carbonyl (C=O) groups excluding carboxylic acids is 2. The van der Waals surface area contributed by atoms with Crippen molar-refractivity contribution < 1.29 is 27.5 Å². The van der Waals surface area contributed by atoms with Gasteiger partial charge in [0.15, 0.2) is 0 Å². The lowest BCUT2D eigenvalue weighted by atomic mass is 9.95. The molecule has 0 atom stereocenters. The Morgan fingerprint density at radius 2 is 1.51 bits per heavy atom. The molecule has 0 aliphatic carbocycles. The van der Waals surface area contributed by atoms with Gasteiger partial charge in [-0.15, -0.1) is 0 Å². The van der Waals surface area contributed by atoms with E-state index in [-0.39, 0.29) is 40.7 Å². The zero-order valence-corrected chi connectivity index (χ0v) is 20.1. The zero-order chi connectivity index (χ0) is 26.1. The molecule has 0 saturated carbocycles. The lowest BCUT2D eigenvalue weighted by Gasteiger charge is -2.19. The number of esters is 1. The number of aromatic nitrogens is 2. The number of aryl methyl sites for hydroxylation is 2. The van der Waals surface area contributed by atoms with Crippen LogP contribution in [0, 0.1) is 13.8 Å². The molecule has 3 rings (SSSR count). The molecule has 0 radical (unpaired) electrons. The largest absolute Gasteiger partial charge is 0.460 e. The normalized spacial score (nSPS) is 11.9. The Kier molecular flexibility index (Phi) is 7.01. The van der Waals surface area contributed by atoms with Crippen molar-refractivity contribution in [2.24, 2.45) is 5.73 Å². The van der Waals surface area contributed by atoms with Crippen LogP contribution in [0.4, 0.5) is 13.2 Å². The summed E-state index contributed by atoms with van der Waals surface area (Å²) in [6, 6.07) is 10.5. The van der Waals surface area contributed by atoms with Gasteiger partial charge in [-0.2, -0.15) is 13.2 Å². The Bertz CT molecular complexity index is 1280. The summed E-state index contributed by atoms with van der Waals surface area (Å²) in [6.07, 6.45) is -4.63. The number of rotatable bonds is 5. The summed E-state index contributed by atoms with van der Waals surface area (Å²) in [5.41, 5.74) is 5.41. The molecule has 1 heterocycles. The molecule has 2 N–H and O–H groups in total. The second-order valence-corrected chi connectivity index (χ2v) is 9.17. The number of ether oxygens (including phenoxy) is 1. The molecule has 2 aromatic carbocycles. The predicted molar refractivity (Wildman–Crippen MR) is 125 cm³/mol. The highest BCUT2D eigenvalue weighted by Gasteiger charge is 2.35. The smallest absolute Gasteiger partial charge is 0.417 e. The van der Waals surface area contributed by atoms with Crippen LogP contribution >= 0.6 is 0 Å². The first kappa shape index (κ1) is 25.9. The van der Waals surface area contributed by atoms with Crippen molar-refractivity contribution in [3.8, 4) is 22.4 Å². The summed E-state index contributed by atoms with van der Waals surface area (Å²) in [4.78, 5) is 32.0. The number of benzene rings is 2. The van der Waals surface area contributed by atoms with Crippen molar-refractivity contribution >= 4 is 11.9 Å². The minimum atomic E-state index is -4.69. The molecule has 0 aliphatic rings. The number of halogens is 3. The Morgan fingerprint density at radius 3 is 2.06 bits per heavy atom. The maximum absolute atomic E-state index is 14.1. The number of amides is 1. The van der Waals surface area contributed by atoms with Crippen LogP contribution in [0.15, 0.2) is 42.5 Å². The van der Waals surface area contributed by atoms with Crippen LogP contribution < -0.4 is 5.73 Å². The minimum absolute atomic E-state index is 0.0534. The monoisotopic (exact) mass is 485 g/mol. The number of carbonyl (C=O) groups is 2. The molecule has 1 aromatic heterocycles. The van der Waals surface area contributed by atoms with Crippen molar-refractivity contribution in [1.29, 1.82) is 0 Å². The molecule has 6 nitrogen and oxygen atoms in total. The highest BCUT2D eigenvalue weighted by molar-refractivity contribution is 5.92. The Hall–Kier alpha value is -3.75. The quantitative estimate of drug-likeness (QED) is 0.486. The van der Waals surface area contributed by atoms with Crippen LogP contribution in [0.3, 0.4) is 0 Å². The summed E-state index contributed by atoms with van der Waals surface area (Å²) in [5, 5.41) is 0. The van der Waals surface area contributed by atoms with E-state index < -0.39 is 23.2 Å². The van der Waals surface area contributed by atoms with Gasteiger partial charge in [-0.3, -0.25) is 14.6 Å². The number of alkyl halides is 3. The fourth-order valence-corrected chi connectivity index (χ4v) is 3.64. The summed E-state index contributed by atoms with van der Waals surface area (Å²) < 4.78 is 47.5. The Balaban J connectivity index is 2.00. The van der Waals surface area contributed by atoms with E-state index in [1.807, 2.05) is 0 Å².